The molecule has 6 nitrogen and oxygen atoms in total. The molecule has 0 fully saturated rings. The van der Waals surface area contributed by atoms with E-state index in [9.17, 15) is 13.2 Å². The molecule has 0 rings (SSSR count). The predicted octanol–water partition coefficient (Wildman–Crippen LogP) is -0.854. The average Bonchev–Trinajstić information content (AvgIpc) is 1.85. The minimum atomic E-state index is -4.56. The molecule has 1 atom stereocenters. The van der Waals surface area contributed by atoms with Gasteiger partial charge in [0.25, 0.3) is 10.1 Å². The molecule has 0 saturated carbocycles. The highest BCUT2D eigenvalue weighted by molar-refractivity contribution is 7.86. The van der Waals surface area contributed by atoms with Crippen LogP contribution in [0, 0.1) is 0 Å². The van der Waals surface area contributed by atoms with Crippen LogP contribution in [0.1, 0.15) is 13.3 Å². The number of ether oxygens (including phenoxy) is 1. The molecule has 0 aromatic heterocycles. The maximum Gasteiger partial charge on any atom is 0.309 e. The topological polar surface area (TPSA) is 101 Å². The van der Waals surface area contributed by atoms with Crippen LogP contribution in [0.2, 0.25) is 0 Å². The molecule has 0 radical (unpaired) electrons. The van der Waals surface area contributed by atoms with Gasteiger partial charge in [-0.25, -0.2) is 0 Å². The van der Waals surface area contributed by atoms with Gasteiger partial charge in [0.15, 0.2) is 5.44 Å². The average molecular weight is 198 g/mol. The smallest absolute Gasteiger partial charge is 0.309 e. The van der Waals surface area contributed by atoms with Gasteiger partial charge in [-0.3, -0.25) is 9.35 Å². The third kappa shape index (κ3) is 4.27. The second kappa shape index (κ2) is 4.39. The summed E-state index contributed by atoms with van der Waals surface area (Å²) in [5, 5.41) is 8.64. The first-order valence-electron chi connectivity index (χ1n) is 3.18. The van der Waals surface area contributed by atoms with E-state index >= 15 is 0 Å². The van der Waals surface area contributed by atoms with Crippen LogP contribution in [0.4, 0.5) is 0 Å². The molecule has 12 heavy (non-hydrogen) atoms. The van der Waals surface area contributed by atoms with Gasteiger partial charge >= 0.3 is 5.97 Å². The van der Waals surface area contributed by atoms with Gasteiger partial charge in [-0.15, -0.1) is 0 Å². The lowest BCUT2D eigenvalue weighted by molar-refractivity contribution is -0.144. The van der Waals surface area contributed by atoms with Gasteiger partial charge < -0.3 is 9.84 Å². The molecule has 0 aliphatic carbocycles. The van der Waals surface area contributed by atoms with Gasteiger partial charge in [-0.2, -0.15) is 8.42 Å². The van der Waals surface area contributed by atoms with Crippen molar-refractivity contribution in [2.75, 3.05) is 6.61 Å². The Morgan fingerprint density at radius 2 is 2.08 bits per heavy atom. The standard InChI is InChI=1S/C5H10O6S/c1-2-11-4(6)3-5(7)12(8,9)10/h5,7H,2-3H2,1H3,(H,8,9,10). The van der Waals surface area contributed by atoms with Gasteiger partial charge in [0.05, 0.1) is 13.0 Å². The van der Waals surface area contributed by atoms with Gasteiger partial charge in [0.1, 0.15) is 0 Å². The molecule has 0 aromatic carbocycles. The predicted molar refractivity (Wildman–Crippen MR) is 38.8 cm³/mol. The summed E-state index contributed by atoms with van der Waals surface area (Å²) in [4.78, 5) is 10.5. The highest BCUT2D eigenvalue weighted by Gasteiger charge is 2.23. The molecule has 0 spiro atoms. The van der Waals surface area contributed by atoms with E-state index in [1.54, 1.807) is 0 Å². The Kier molecular flexibility index (Phi) is 4.15. The Bertz CT molecular complexity index is 243. The van der Waals surface area contributed by atoms with E-state index in [1.165, 1.54) is 6.92 Å². The number of hydrogen-bond donors (Lipinski definition) is 2. The Morgan fingerprint density at radius 3 is 2.42 bits per heavy atom. The summed E-state index contributed by atoms with van der Waals surface area (Å²) in [5.74, 6) is -0.873. The summed E-state index contributed by atoms with van der Waals surface area (Å²) in [6.45, 7) is 1.63. The first kappa shape index (κ1) is 11.3. The third-order valence-corrected chi connectivity index (χ3v) is 1.84. The molecule has 0 saturated heterocycles. The summed E-state index contributed by atoms with van der Waals surface area (Å²) < 4.78 is 32.9. The number of aliphatic hydroxyl groups excluding tert-OH is 1. The van der Waals surface area contributed by atoms with E-state index in [0.29, 0.717) is 0 Å². The molecule has 0 amide bonds. The normalized spacial score (nSPS) is 13.9. The number of esters is 1. The van der Waals surface area contributed by atoms with Crippen LogP contribution in [-0.2, 0) is 19.6 Å². The molecule has 0 aromatic rings. The first-order valence-corrected chi connectivity index (χ1v) is 4.68. The molecule has 0 aliphatic rings. The van der Waals surface area contributed by atoms with E-state index in [2.05, 4.69) is 4.74 Å². The Labute approximate surface area is 69.9 Å². The van der Waals surface area contributed by atoms with Crippen molar-refractivity contribution in [2.24, 2.45) is 0 Å². The van der Waals surface area contributed by atoms with E-state index in [-0.39, 0.29) is 6.61 Å². The Hall–Kier alpha value is -0.660. The SMILES string of the molecule is CCOC(=O)CC(O)S(=O)(=O)O. The van der Waals surface area contributed by atoms with Crippen LogP contribution in [-0.4, -0.2) is 36.1 Å². The number of rotatable bonds is 4. The van der Waals surface area contributed by atoms with Gasteiger partial charge in [-0.05, 0) is 6.92 Å². The Balaban J connectivity index is 4.02. The minimum Gasteiger partial charge on any atom is -0.466 e. The number of carbonyl (C=O) groups excluding carboxylic acids is 1. The molecular weight excluding hydrogens is 188 g/mol. The lowest BCUT2D eigenvalue weighted by atomic mass is 10.5. The maximum absolute atomic E-state index is 10.5. The highest BCUT2D eigenvalue weighted by Crippen LogP contribution is 2.01. The molecule has 7 heteroatoms. The van der Waals surface area contributed by atoms with E-state index in [0.717, 1.165) is 0 Å². The van der Waals surface area contributed by atoms with Crippen LogP contribution in [0.15, 0.2) is 0 Å². The molecule has 0 bridgehead atoms. The number of carbonyl (C=O) groups is 1. The summed E-state index contributed by atoms with van der Waals surface area (Å²) in [6, 6.07) is 0. The van der Waals surface area contributed by atoms with Crippen LogP contribution < -0.4 is 0 Å². The molecule has 0 aliphatic heterocycles. The lowest BCUT2D eigenvalue weighted by Gasteiger charge is -2.05. The van der Waals surface area contributed by atoms with Crippen molar-refractivity contribution in [1.82, 2.24) is 0 Å². The van der Waals surface area contributed by atoms with Crippen molar-refractivity contribution in [3.63, 3.8) is 0 Å². The second-order valence-corrected chi connectivity index (χ2v) is 3.55. The molecule has 1 unspecified atom stereocenters. The summed E-state index contributed by atoms with van der Waals surface area (Å²) in [7, 11) is -4.56. The largest absolute Gasteiger partial charge is 0.466 e. The summed E-state index contributed by atoms with van der Waals surface area (Å²) in [6.07, 6.45) is -0.757. The van der Waals surface area contributed by atoms with Gasteiger partial charge in [0, 0.05) is 0 Å². The maximum atomic E-state index is 10.5. The quantitative estimate of drug-likeness (QED) is 0.450. The van der Waals surface area contributed by atoms with Crippen molar-refractivity contribution in [3.05, 3.63) is 0 Å². The van der Waals surface area contributed by atoms with Crippen molar-refractivity contribution in [2.45, 2.75) is 18.8 Å². The zero-order valence-corrected chi connectivity index (χ0v) is 7.24. The van der Waals surface area contributed by atoms with Crippen molar-refractivity contribution in [1.29, 1.82) is 0 Å². The van der Waals surface area contributed by atoms with E-state index in [4.69, 9.17) is 9.66 Å². The number of aliphatic hydroxyl groups is 1. The summed E-state index contributed by atoms with van der Waals surface area (Å²) >= 11 is 0. The zero-order valence-electron chi connectivity index (χ0n) is 6.43. The van der Waals surface area contributed by atoms with Crippen LogP contribution in [0.5, 0.6) is 0 Å². The van der Waals surface area contributed by atoms with Gasteiger partial charge in [-0.1, -0.05) is 0 Å². The second-order valence-electron chi connectivity index (χ2n) is 1.98. The fraction of sp³-hybridized carbons (Fsp3) is 0.800. The highest BCUT2D eigenvalue weighted by atomic mass is 32.2. The fourth-order valence-electron chi connectivity index (χ4n) is 0.468. The van der Waals surface area contributed by atoms with Crippen LogP contribution in [0.25, 0.3) is 0 Å². The monoisotopic (exact) mass is 198 g/mol. The zero-order chi connectivity index (χ0) is 9.78. The van der Waals surface area contributed by atoms with Crippen LogP contribution in [0.3, 0.4) is 0 Å². The fourth-order valence-corrected chi connectivity index (χ4v) is 0.815. The van der Waals surface area contributed by atoms with Crippen LogP contribution >= 0.6 is 0 Å². The number of hydrogen-bond acceptors (Lipinski definition) is 5. The lowest BCUT2D eigenvalue weighted by Crippen LogP contribution is -2.24. The minimum absolute atomic E-state index is 0.0943. The Morgan fingerprint density at radius 1 is 1.58 bits per heavy atom. The summed E-state index contributed by atoms with van der Waals surface area (Å²) in [5.41, 5.74) is -2.10. The molecule has 2 N–H and O–H groups in total. The molecule has 72 valence electrons. The molecule has 0 heterocycles. The van der Waals surface area contributed by atoms with Crippen molar-refractivity contribution < 1.29 is 27.6 Å². The molecular formula is C5H10O6S. The van der Waals surface area contributed by atoms with E-state index < -0.39 is 27.9 Å². The third-order valence-electron chi connectivity index (χ3n) is 0.990. The van der Waals surface area contributed by atoms with E-state index in [1.807, 2.05) is 0 Å². The first-order chi connectivity index (χ1) is 5.38. The van der Waals surface area contributed by atoms with Crippen molar-refractivity contribution in [3.8, 4) is 0 Å². The van der Waals surface area contributed by atoms with Gasteiger partial charge in [0.2, 0.25) is 0 Å². The van der Waals surface area contributed by atoms with Crippen molar-refractivity contribution >= 4 is 16.1 Å².